The van der Waals surface area contributed by atoms with Gasteiger partial charge in [0.1, 0.15) is 6.61 Å². The first-order valence-electron chi connectivity index (χ1n) is 7.32. The molecule has 1 amide bonds. The highest BCUT2D eigenvalue weighted by atomic mass is 16.6. The minimum atomic E-state index is -0.644. The van der Waals surface area contributed by atoms with Crippen LogP contribution in [-0.2, 0) is 4.79 Å². The average molecular weight is 297 g/mol. The van der Waals surface area contributed by atoms with Gasteiger partial charge in [-0.15, -0.1) is 0 Å². The number of carbonyl (C=O) groups excluding carboxylic acids is 1. The van der Waals surface area contributed by atoms with Crippen LogP contribution in [0, 0.1) is 20.8 Å². The Bertz CT molecular complexity index is 701. The Labute approximate surface area is 130 Å². The number of hydrogen-bond donors (Lipinski definition) is 1. The number of hydrogen-bond acceptors (Lipinski definition) is 3. The van der Waals surface area contributed by atoms with Crippen molar-refractivity contribution in [3.05, 3.63) is 53.1 Å². The van der Waals surface area contributed by atoms with Crippen LogP contribution in [0.15, 0.2) is 36.4 Å². The molecule has 1 atom stereocenters. The van der Waals surface area contributed by atoms with E-state index in [2.05, 4.69) is 17.4 Å². The number of fused-ring (bicyclic) bond motifs is 1. The molecule has 0 spiro atoms. The highest BCUT2D eigenvalue weighted by molar-refractivity contribution is 5.96. The van der Waals surface area contributed by atoms with Gasteiger partial charge in [-0.25, -0.2) is 0 Å². The average Bonchev–Trinajstić information content (AvgIpc) is 2.50. The molecule has 1 aliphatic heterocycles. The van der Waals surface area contributed by atoms with E-state index in [9.17, 15) is 4.79 Å². The van der Waals surface area contributed by atoms with E-state index in [-0.39, 0.29) is 12.5 Å². The largest absolute Gasteiger partial charge is 0.485 e. The predicted octanol–water partition coefficient (Wildman–Crippen LogP) is 3.39. The van der Waals surface area contributed by atoms with E-state index < -0.39 is 6.10 Å². The quantitative estimate of drug-likeness (QED) is 0.924. The zero-order valence-electron chi connectivity index (χ0n) is 13.0. The maximum atomic E-state index is 12.5. The number of nitrogens with one attached hydrogen (secondary N) is 1. The van der Waals surface area contributed by atoms with E-state index in [1.54, 1.807) is 6.07 Å². The molecule has 3 rings (SSSR count). The molecule has 0 saturated carbocycles. The third-order valence-electron chi connectivity index (χ3n) is 3.73. The Hall–Kier alpha value is -2.49. The zero-order chi connectivity index (χ0) is 15.7. The summed E-state index contributed by atoms with van der Waals surface area (Å²) < 4.78 is 11.3. The van der Waals surface area contributed by atoms with Crippen LogP contribution in [0.3, 0.4) is 0 Å². The summed E-state index contributed by atoms with van der Waals surface area (Å²) in [6.07, 6.45) is -0.644. The van der Waals surface area contributed by atoms with Crippen molar-refractivity contribution in [3.63, 3.8) is 0 Å². The van der Waals surface area contributed by atoms with Crippen molar-refractivity contribution < 1.29 is 14.3 Å². The van der Waals surface area contributed by atoms with Crippen LogP contribution in [0.4, 0.5) is 5.69 Å². The van der Waals surface area contributed by atoms with E-state index in [4.69, 9.17) is 9.47 Å². The number of anilines is 1. The summed E-state index contributed by atoms with van der Waals surface area (Å²) in [5.41, 5.74) is 4.11. The van der Waals surface area contributed by atoms with Crippen molar-refractivity contribution in [2.24, 2.45) is 0 Å². The molecule has 1 aliphatic rings. The van der Waals surface area contributed by atoms with Gasteiger partial charge in [-0.05, 0) is 44.0 Å². The zero-order valence-corrected chi connectivity index (χ0v) is 13.0. The summed E-state index contributed by atoms with van der Waals surface area (Å²) in [4.78, 5) is 12.5. The lowest BCUT2D eigenvalue weighted by molar-refractivity contribution is -0.125. The second-order valence-corrected chi connectivity index (χ2v) is 5.63. The molecule has 2 aromatic carbocycles. The van der Waals surface area contributed by atoms with Crippen LogP contribution in [-0.4, -0.2) is 18.6 Å². The molecule has 0 radical (unpaired) electrons. The van der Waals surface area contributed by atoms with Crippen molar-refractivity contribution >= 4 is 11.6 Å². The summed E-state index contributed by atoms with van der Waals surface area (Å²) in [5, 5.41) is 2.96. The Morgan fingerprint density at radius 2 is 1.73 bits per heavy atom. The standard InChI is InChI=1S/C18H19NO3/c1-11-8-12(2)17(13(3)9-11)19-18(20)16-10-21-14-6-4-5-7-15(14)22-16/h4-9,16H,10H2,1-3H3,(H,19,20)/t16-/m0/s1. The van der Waals surface area contributed by atoms with Gasteiger partial charge in [0, 0.05) is 5.69 Å². The molecule has 2 aromatic rings. The van der Waals surface area contributed by atoms with Gasteiger partial charge in [0.25, 0.3) is 5.91 Å². The van der Waals surface area contributed by atoms with Crippen LogP contribution >= 0.6 is 0 Å². The van der Waals surface area contributed by atoms with Crippen molar-refractivity contribution in [3.8, 4) is 11.5 Å². The smallest absolute Gasteiger partial charge is 0.269 e. The first-order chi connectivity index (χ1) is 10.5. The fourth-order valence-corrected chi connectivity index (χ4v) is 2.73. The molecular formula is C18H19NO3. The topological polar surface area (TPSA) is 47.6 Å². The number of rotatable bonds is 2. The Kier molecular flexibility index (Phi) is 3.75. The minimum absolute atomic E-state index is 0.190. The van der Waals surface area contributed by atoms with Gasteiger partial charge in [0.15, 0.2) is 11.5 Å². The maximum Gasteiger partial charge on any atom is 0.269 e. The van der Waals surface area contributed by atoms with Crippen LogP contribution in [0.25, 0.3) is 0 Å². The molecule has 0 saturated heterocycles. The lowest BCUT2D eigenvalue weighted by atomic mass is 10.0. The van der Waals surface area contributed by atoms with Crippen LogP contribution in [0.1, 0.15) is 16.7 Å². The molecule has 4 heteroatoms. The summed E-state index contributed by atoms with van der Waals surface area (Å²) in [6.45, 7) is 6.24. The fourth-order valence-electron chi connectivity index (χ4n) is 2.73. The van der Waals surface area contributed by atoms with Gasteiger partial charge in [-0.2, -0.15) is 0 Å². The summed E-state index contributed by atoms with van der Waals surface area (Å²) in [7, 11) is 0. The SMILES string of the molecule is Cc1cc(C)c(NC(=O)[C@@H]2COc3ccccc3O2)c(C)c1. The Balaban J connectivity index is 1.77. The second kappa shape index (κ2) is 5.72. The monoisotopic (exact) mass is 297 g/mol. The van der Waals surface area contributed by atoms with Gasteiger partial charge >= 0.3 is 0 Å². The van der Waals surface area contributed by atoms with Gasteiger partial charge in [-0.3, -0.25) is 4.79 Å². The maximum absolute atomic E-state index is 12.5. The molecule has 114 valence electrons. The molecule has 1 heterocycles. The molecule has 22 heavy (non-hydrogen) atoms. The molecule has 0 aliphatic carbocycles. The van der Waals surface area contributed by atoms with Crippen molar-refractivity contribution in [2.45, 2.75) is 26.9 Å². The molecular weight excluding hydrogens is 278 g/mol. The van der Waals surface area contributed by atoms with Crippen LogP contribution < -0.4 is 14.8 Å². The molecule has 0 unspecified atom stereocenters. The minimum Gasteiger partial charge on any atom is -0.485 e. The first-order valence-corrected chi connectivity index (χ1v) is 7.32. The number of aryl methyl sites for hydroxylation is 3. The summed E-state index contributed by atoms with van der Waals surface area (Å²) in [6, 6.07) is 11.5. The third-order valence-corrected chi connectivity index (χ3v) is 3.73. The number of benzene rings is 2. The number of para-hydroxylation sites is 2. The fraction of sp³-hybridized carbons (Fsp3) is 0.278. The van der Waals surface area contributed by atoms with Crippen LogP contribution in [0.2, 0.25) is 0 Å². The van der Waals surface area contributed by atoms with Crippen LogP contribution in [0.5, 0.6) is 11.5 Å². The highest BCUT2D eigenvalue weighted by Gasteiger charge is 2.27. The molecule has 0 aromatic heterocycles. The summed E-state index contributed by atoms with van der Waals surface area (Å²) in [5.74, 6) is 1.09. The normalized spacial score (nSPS) is 16.2. The number of amides is 1. The van der Waals surface area contributed by atoms with E-state index in [0.717, 1.165) is 16.8 Å². The second-order valence-electron chi connectivity index (χ2n) is 5.63. The Morgan fingerprint density at radius 3 is 2.41 bits per heavy atom. The van der Waals surface area contributed by atoms with Gasteiger partial charge < -0.3 is 14.8 Å². The molecule has 4 nitrogen and oxygen atoms in total. The van der Waals surface area contributed by atoms with Crippen molar-refractivity contribution in [1.82, 2.24) is 0 Å². The Morgan fingerprint density at radius 1 is 1.09 bits per heavy atom. The lowest BCUT2D eigenvalue weighted by Gasteiger charge is -2.26. The predicted molar refractivity (Wildman–Crippen MR) is 85.6 cm³/mol. The van der Waals surface area contributed by atoms with E-state index >= 15 is 0 Å². The number of ether oxygens (including phenoxy) is 2. The van der Waals surface area contributed by atoms with Gasteiger partial charge in [0.2, 0.25) is 6.10 Å². The van der Waals surface area contributed by atoms with Crippen molar-refractivity contribution in [2.75, 3.05) is 11.9 Å². The third kappa shape index (κ3) is 2.77. The van der Waals surface area contributed by atoms with E-state index in [0.29, 0.717) is 11.5 Å². The van der Waals surface area contributed by atoms with E-state index in [1.165, 1.54) is 5.56 Å². The highest BCUT2D eigenvalue weighted by Crippen LogP contribution is 2.31. The van der Waals surface area contributed by atoms with E-state index in [1.807, 2.05) is 39.0 Å². The first kappa shape index (κ1) is 14.4. The van der Waals surface area contributed by atoms with Crippen molar-refractivity contribution in [1.29, 1.82) is 0 Å². The number of carbonyl (C=O) groups is 1. The summed E-state index contributed by atoms with van der Waals surface area (Å²) >= 11 is 0. The molecule has 0 fully saturated rings. The van der Waals surface area contributed by atoms with Gasteiger partial charge in [-0.1, -0.05) is 29.8 Å². The molecule has 0 bridgehead atoms. The lowest BCUT2D eigenvalue weighted by Crippen LogP contribution is -2.40. The van der Waals surface area contributed by atoms with Gasteiger partial charge in [0.05, 0.1) is 0 Å². The molecule has 1 N–H and O–H groups in total.